The van der Waals surface area contributed by atoms with Crippen molar-refractivity contribution in [3.63, 3.8) is 0 Å². The largest absolute Gasteiger partial charge is 2.00 e. The maximum atomic E-state index is 13.2. The standard InChI is InChI=1S/C24H32N4O5.Mg.2H/c1-5-8-18-21-22(27(4)26-18)23(29)28(20(6-2)25-21)13-14-33-17-11-9-16(10-12-17)15-19(24(30)31)32-7-3;;;/h9-12,19H,5-8,13-15H2,1-4H3,(H,30,31);;;/q;+2;2*-1. The normalized spacial score (nSPS) is 11.9. The Balaban J connectivity index is 0.00000408. The van der Waals surface area contributed by atoms with E-state index >= 15 is 0 Å². The monoisotopic (exact) mass is 482 g/mol. The molecule has 0 saturated heterocycles. The van der Waals surface area contributed by atoms with E-state index in [9.17, 15) is 14.7 Å². The van der Waals surface area contributed by atoms with E-state index in [1.165, 1.54) is 0 Å². The maximum absolute atomic E-state index is 13.2. The van der Waals surface area contributed by atoms with Gasteiger partial charge in [0.25, 0.3) is 5.56 Å². The van der Waals surface area contributed by atoms with Gasteiger partial charge in [-0.2, -0.15) is 5.10 Å². The number of nitrogens with zero attached hydrogens (tertiary/aromatic N) is 4. The van der Waals surface area contributed by atoms with E-state index in [1.54, 1.807) is 35.4 Å². The molecule has 2 heterocycles. The SMILES string of the molecule is CCCc1nn(C)c2c(=O)n(CCOc3ccc(CC(OCC)C(=O)O)cc3)c(CC)nc12.[H-].[H-].[Mg+2]. The predicted molar refractivity (Wildman–Crippen MR) is 133 cm³/mol. The first-order valence-electron chi connectivity index (χ1n) is 11.4. The van der Waals surface area contributed by atoms with Gasteiger partial charge in [0.2, 0.25) is 0 Å². The van der Waals surface area contributed by atoms with Gasteiger partial charge < -0.3 is 17.4 Å². The van der Waals surface area contributed by atoms with Crippen molar-refractivity contribution < 1.29 is 22.2 Å². The molecule has 2 aromatic heterocycles. The molecule has 0 spiro atoms. The molecule has 10 heteroatoms. The van der Waals surface area contributed by atoms with Crippen molar-refractivity contribution in [2.75, 3.05) is 13.2 Å². The van der Waals surface area contributed by atoms with Gasteiger partial charge in [0, 0.05) is 26.5 Å². The second-order valence-electron chi connectivity index (χ2n) is 7.83. The maximum Gasteiger partial charge on any atom is 2.00 e. The molecule has 0 bridgehead atoms. The van der Waals surface area contributed by atoms with Crippen molar-refractivity contribution in [1.82, 2.24) is 19.3 Å². The first kappa shape index (κ1) is 27.8. The molecule has 1 unspecified atom stereocenters. The topological polar surface area (TPSA) is 108 Å². The molecule has 182 valence electrons. The van der Waals surface area contributed by atoms with Crippen molar-refractivity contribution in [2.24, 2.45) is 7.05 Å². The van der Waals surface area contributed by atoms with Crippen LogP contribution in [0.3, 0.4) is 0 Å². The third-order valence-electron chi connectivity index (χ3n) is 5.47. The molecule has 3 aromatic rings. The van der Waals surface area contributed by atoms with Gasteiger partial charge in [-0.1, -0.05) is 32.4 Å². The fourth-order valence-corrected chi connectivity index (χ4v) is 3.88. The zero-order chi connectivity index (χ0) is 24.0. The molecule has 0 aliphatic rings. The Morgan fingerprint density at radius 1 is 1.21 bits per heavy atom. The number of ether oxygens (including phenoxy) is 2. The van der Waals surface area contributed by atoms with Crippen LogP contribution in [0, 0.1) is 0 Å². The second kappa shape index (κ2) is 12.9. The summed E-state index contributed by atoms with van der Waals surface area (Å²) in [4.78, 5) is 29.2. The summed E-state index contributed by atoms with van der Waals surface area (Å²) in [7, 11) is 1.78. The van der Waals surface area contributed by atoms with Gasteiger partial charge >= 0.3 is 29.0 Å². The molecular formula is C24H34MgN4O5. The van der Waals surface area contributed by atoms with Crippen LogP contribution >= 0.6 is 0 Å². The number of aryl methyl sites for hydroxylation is 3. The minimum atomic E-state index is -0.977. The fraction of sp³-hybridized carbons (Fsp3) is 0.500. The number of carboxylic acids is 1. The zero-order valence-corrected chi connectivity index (χ0v) is 21.8. The molecule has 34 heavy (non-hydrogen) atoms. The molecule has 3 rings (SSSR count). The molecule has 0 radical (unpaired) electrons. The Bertz CT molecular complexity index is 1170. The number of rotatable bonds is 12. The Kier molecular flexibility index (Phi) is 10.5. The minimum absolute atomic E-state index is 0. The van der Waals surface area contributed by atoms with Crippen LogP contribution in [0.1, 0.15) is 47.1 Å². The molecule has 0 aliphatic heterocycles. The van der Waals surface area contributed by atoms with Crippen LogP contribution in [-0.2, 0) is 42.4 Å². The van der Waals surface area contributed by atoms with Crippen LogP contribution in [-0.4, -0.2) is 72.8 Å². The van der Waals surface area contributed by atoms with Crippen LogP contribution in [0.2, 0.25) is 0 Å². The summed E-state index contributed by atoms with van der Waals surface area (Å²) in [5, 5.41) is 13.7. The third-order valence-corrected chi connectivity index (χ3v) is 5.47. The van der Waals surface area contributed by atoms with Gasteiger partial charge in [-0.15, -0.1) is 0 Å². The van der Waals surface area contributed by atoms with Gasteiger partial charge in [0.15, 0.2) is 11.6 Å². The van der Waals surface area contributed by atoms with E-state index in [2.05, 4.69) is 12.0 Å². The van der Waals surface area contributed by atoms with Crippen molar-refractivity contribution in [1.29, 1.82) is 0 Å². The van der Waals surface area contributed by atoms with Crippen molar-refractivity contribution in [3.05, 3.63) is 51.7 Å². The number of hydrogen-bond acceptors (Lipinski definition) is 6. The van der Waals surface area contributed by atoms with Gasteiger partial charge in [0.1, 0.15) is 23.7 Å². The smallest absolute Gasteiger partial charge is 1.00 e. The summed E-state index contributed by atoms with van der Waals surface area (Å²) in [5.74, 6) is 0.385. The predicted octanol–water partition coefficient (Wildman–Crippen LogP) is 2.60. The summed E-state index contributed by atoms with van der Waals surface area (Å²) < 4.78 is 14.4. The van der Waals surface area contributed by atoms with E-state index < -0.39 is 12.1 Å². The average molecular weight is 483 g/mol. The van der Waals surface area contributed by atoms with Gasteiger partial charge in [-0.25, -0.2) is 9.78 Å². The number of benzene rings is 1. The molecule has 1 N–H and O–H groups in total. The quantitative estimate of drug-likeness (QED) is 0.395. The van der Waals surface area contributed by atoms with Crippen molar-refractivity contribution in [3.8, 4) is 5.75 Å². The van der Waals surface area contributed by atoms with Crippen molar-refractivity contribution >= 4 is 40.1 Å². The van der Waals surface area contributed by atoms with Crippen molar-refractivity contribution in [2.45, 2.75) is 59.1 Å². The molecule has 1 atom stereocenters. The second-order valence-corrected chi connectivity index (χ2v) is 7.83. The van der Waals surface area contributed by atoms with E-state index in [1.807, 2.05) is 19.1 Å². The molecule has 9 nitrogen and oxygen atoms in total. The van der Waals surface area contributed by atoms with Crippen LogP contribution < -0.4 is 10.3 Å². The number of carboxylic acid groups (broad SMARTS) is 1. The van der Waals surface area contributed by atoms with E-state index in [0.717, 1.165) is 24.1 Å². The Labute approximate surface area is 218 Å². The summed E-state index contributed by atoms with van der Waals surface area (Å²) in [6.45, 7) is 6.84. The summed E-state index contributed by atoms with van der Waals surface area (Å²) in [5.41, 5.74) is 2.81. The molecular weight excluding hydrogens is 449 g/mol. The molecule has 0 saturated carbocycles. The zero-order valence-electron chi connectivity index (χ0n) is 22.4. The summed E-state index contributed by atoms with van der Waals surface area (Å²) in [6.07, 6.45) is 1.77. The first-order valence-corrected chi connectivity index (χ1v) is 11.4. The fourth-order valence-electron chi connectivity index (χ4n) is 3.88. The van der Waals surface area contributed by atoms with Gasteiger partial charge in [0.05, 0.1) is 12.2 Å². The first-order chi connectivity index (χ1) is 15.9. The van der Waals surface area contributed by atoms with E-state index in [0.29, 0.717) is 48.8 Å². The summed E-state index contributed by atoms with van der Waals surface area (Å²) in [6, 6.07) is 7.24. The molecule has 0 aliphatic carbocycles. The Morgan fingerprint density at radius 3 is 2.50 bits per heavy atom. The van der Waals surface area contributed by atoms with Crippen LogP contribution in [0.4, 0.5) is 0 Å². The number of fused-ring (bicyclic) bond motifs is 1. The van der Waals surface area contributed by atoms with Crippen LogP contribution in [0.15, 0.2) is 29.1 Å². The number of aromatic nitrogens is 4. The third kappa shape index (κ3) is 6.37. The van der Waals surface area contributed by atoms with Crippen LogP contribution in [0.25, 0.3) is 11.0 Å². The summed E-state index contributed by atoms with van der Waals surface area (Å²) >= 11 is 0. The van der Waals surface area contributed by atoms with E-state index in [4.69, 9.17) is 14.5 Å². The number of aliphatic carboxylic acids is 1. The minimum Gasteiger partial charge on any atom is -1.00 e. The number of hydrogen-bond donors (Lipinski definition) is 1. The Hall–Kier alpha value is -2.43. The van der Waals surface area contributed by atoms with Crippen LogP contribution in [0.5, 0.6) is 5.75 Å². The molecule has 0 amide bonds. The average Bonchev–Trinajstić information content (AvgIpc) is 3.11. The number of carbonyl (C=O) groups is 1. The molecule has 0 fully saturated rings. The van der Waals surface area contributed by atoms with Gasteiger partial charge in [-0.05, 0) is 31.0 Å². The van der Waals surface area contributed by atoms with E-state index in [-0.39, 0.29) is 37.9 Å². The Morgan fingerprint density at radius 2 is 1.91 bits per heavy atom. The van der Waals surface area contributed by atoms with Gasteiger partial charge in [-0.3, -0.25) is 14.0 Å². The molecule has 1 aromatic carbocycles.